The Labute approximate surface area is 58.3 Å². The predicted molar refractivity (Wildman–Crippen MR) is 27.7 cm³/mol. The molecule has 0 atom stereocenters. The van der Waals surface area contributed by atoms with Crippen LogP contribution < -0.4 is 0 Å². The highest BCUT2D eigenvalue weighted by Crippen LogP contribution is 2.43. The monoisotopic (exact) mass is 168 g/mol. The molecule has 0 spiro atoms. The molecule has 0 unspecified atom stereocenters. The van der Waals surface area contributed by atoms with Crippen molar-refractivity contribution in [3.05, 3.63) is 35.2 Å². The second-order valence-electron chi connectivity index (χ2n) is 1.79. The molecule has 0 bridgehead atoms. The van der Waals surface area contributed by atoms with Crippen molar-refractivity contribution in [1.29, 1.82) is 0 Å². The average molecular weight is 168 g/mol. The molecule has 1 aliphatic rings. The maximum atomic E-state index is 12.0. The van der Waals surface area contributed by atoms with Gasteiger partial charge < -0.3 is 0 Å². The highest BCUT2D eigenvalue weighted by Gasteiger charge is 2.35. The Hall–Kier alpha value is -1.13. The summed E-state index contributed by atoms with van der Waals surface area (Å²) in [6, 6.07) is 0. The van der Waals surface area contributed by atoms with Crippen LogP contribution in [0.15, 0.2) is 35.2 Å². The summed E-state index contributed by atoms with van der Waals surface area (Å²) in [5.74, 6) is -3.25. The van der Waals surface area contributed by atoms with Crippen molar-refractivity contribution in [1.82, 2.24) is 0 Å². The molecule has 0 aromatic carbocycles. The molecule has 0 aliphatic heterocycles. The normalized spacial score (nSPS) is 20.8. The third-order valence-electron chi connectivity index (χ3n) is 1.22. The lowest BCUT2D eigenvalue weighted by Gasteiger charge is -2.15. The van der Waals surface area contributed by atoms with E-state index in [4.69, 9.17) is 0 Å². The lowest BCUT2D eigenvalue weighted by Crippen LogP contribution is -2.06. The molecule has 1 aliphatic carbocycles. The maximum absolute atomic E-state index is 12.0. The van der Waals surface area contributed by atoms with Gasteiger partial charge in [-0.2, -0.15) is 8.78 Å². The first-order valence-corrected chi connectivity index (χ1v) is 2.51. The fourth-order valence-corrected chi connectivity index (χ4v) is 0.681. The zero-order valence-corrected chi connectivity index (χ0v) is 4.97. The highest BCUT2D eigenvalue weighted by molar-refractivity contribution is 5.64. The van der Waals surface area contributed by atoms with Crippen LogP contribution in [0, 0.1) is 0 Å². The summed E-state index contributed by atoms with van der Waals surface area (Å²) in [4.78, 5) is 0. The van der Waals surface area contributed by atoms with E-state index in [1.165, 1.54) is 0 Å². The standard InChI is InChI=1S/C6HF5/c7-1-2-3(6(10)11)5(9)4(2)8/h1H. The fourth-order valence-electron chi connectivity index (χ4n) is 0.681. The molecule has 60 valence electrons. The number of halogens is 5. The van der Waals surface area contributed by atoms with Gasteiger partial charge in [0.25, 0.3) is 6.08 Å². The summed E-state index contributed by atoms with van der Waals surface area (Å²) in [5, 5.41) is 0. The molecule has 0 aromatic heterocycles. The molecule has 0 saturated carbocycles. The Bertz CT molecular complexity index is 279. The molecule has 5 heteroatoms. The zero-order valence-electron chi connectivity index (χ0n) is 4.97. The van der Waals surface area contributed by atoms with Gasteiger partial charge in [-0.15, -0.1) is 0 Å². The van der Waals surface area contributed by atoms with Crippen LogP contribution in [-0.2, 0) is 0 Å². The number of rotatable bonds is 0. The van der Waals surface area contributed by atoms with Gasteiger partial charge in [-0.25, -0.2) is 13.2 Å². The van der Waals surface area contributed by atoms with Gasteiger partial charge in [-0.3, -0.25) is 0 Å². The lowest BCUT2D eigenvalue weighted by molar-refractivity contribution is 0.397. The second kappa shape index (κ2) is 2.48. The summed E-state index contributed by atoms with van der Waals surface area (Å²) in [6.07, 6.45) is -2.82. The first-order chi connectivity index (χ1) is 5.09. The van der Waals surface area contributed by atoms with E-state index in [1.54, 1.807) is 0 Å². The number of hydrogen-bond donors (Lipinski definition) is 0. The number of hydrogen-bond acceptors (Lipinski definition) is 0. The summed E-state index contributed by atoms with van der Waals surface area (Å²) in [6.45, 7) is 0. The van der Waals surface area contributed by atoms with Crippen LogP contribution in [0.4, 0.5) is 22.0 Å². The molecule has 0 N–H and O–H groups in total. The van der Waals surface area contributed by atoms with Gasteiger partial charge in [-0.1, -0.05) is 0 Å². The van der Waals surface area contributed by atoms with Crippen LogP contribution in [0.1, 0.15) is 0 Å². The van der Waals surface area contributed by atoms with Crippen molar-refractivity contribution >= 4 is 0 Å². The van der Waals surface area contributed by atoms with Crippen LogP contribution in [0.25, 0.3) is 0 Å². The van der Waals surface area contributed by atoms with Crippen molar-refractivity contribution in [2.75, 3.05) is 0 Å². The Morgan fingerprint density at radius 2 is 1.64 bits per heavy atom. The molecule has 0 radical (unpaired) electrons. The van der Waals surface area contributed by atoms with E-state index in [0.717, 1.165) is 0 Å². The van der Waals surface area contributed by atoms with E-state index < -0.39 is 35.2 Å². The van der Waals surface area contributed by atoms with E-state index in [-0.39, 0.29) is 0 Å². The SMILES string of the molecule is FC=C1C(F)=C(F)C1=C(F)F. The van der Waals surface area contributed by atoms with Gasteiger partial charge in [0.05, 0.1) is 17.5 Å². The van der Waals surface area contributed by atoms with Gasteiger partial charge in [-0.05, 0) is 0 Å². The van der Waals surface area contributed by atoms with Gasteiger partial charge >= 0.3 is 0 Å². The number of allylic oxidation sites excluding steroid dienone is 4. The van der Waals surface area contributed by atoms with Crippen molar-refractivity contribution in [3.8, 4) is 0 Å². The molecule has 0 fully saturated rings. The van der Waals surface area contributed by atoms with Gasteiger partial charge in [0.1, 0.15) is 0 Å². The Morgan fingerprint density at radius 1 is 1.09 bits per heavy atom. The minimum atomic E-state index is -2.42. The Kier molecular flexibility index (Phi) is 1.80. The fraction of sp³-hybridized carbons (Fsp3) is 0. The maximum Gasteiger partial charge on any atom is 0.281 e. The largest absolute Gasteiger partial charge is 0.281 e. The third-order valence-corrected chi connectivity index (χ3v) is 1.22. The van der Waals surface area contributed by atoms with E-state index in [9.17, 15) is 22.0 Å². The van der Waals surface area contributed by atoms with Crippen molar-refractivity contribution in [2.45, 2.75) is 0 Å². The average Bonchev–Trinajstić information content (AvgIpc) is 1.96. The van der Waals surface area contributed by atoms with Gasteiger partial charge in [0, 0.05) is 0 Å². The summed E-state index contributed by atoms with van der Waals surface area (Å²) >= 11 is 0. The minimum Gasteiger partial charge on any atom is -0.215 e. The van der Waals surface area contributed by atoms with Gasteiger partial charge in [0.15, 0.2) is 11.7 Å². The first kappa shape index (κ1) is 7.97. The summed E-state index contributed by atoms with van der Waals surface area (Å²) < 4.78 is 58.7. The quantitative estimate of drug-likeness (QED) is 0.487. The molecule has 0 saturated heterocycles. The molecule has 0 nitrogen and oxygen atoms in total. The van der Waals surface area contributed by atoms with Crippen LogP contribution in [0.3, 0.4) is 0 Å². The molecular formula is C6HF5. The lowest BCUT2D eigenvalue weighted by atomic mass is 9.95. The summed E-state index contributed by atoms with van der Waals surface area (Å²) in [7, 11) is 0. The van der Waals surface area contributed by atoms with Crippen LogP contribution in [-0.4, -0.2) is 0 Å². The Balaban J connectivity index is 3.20. The smallest absolute Gasteiger partial charge is 0.215 e. The van der Waals surface area contributed by atoms with Crippen molar-refractivity contribution in [2.24, 2.45) is 0 Å². The molecule has 1 rings (SSSR count). The Morgan fingerprint density at radius 3 is 1.91 bits per heavy atom. The zero-order chi connectivity index (χ0) is 8.59. The van der Waals surface area contributed by atoms with E-state index in [1.807, 2.05) is 0 Å². The van der Waals surface area contributed by atoms with Crippen LogP contribution >= 0.6 is 0 Å². The first-order valence-electron chi connectivity index (χ1n) is 2.51. The minimum absolute atomic E-state index is 0.396. The molecule has 0 amide bonds. The molecule has 0 aromatic rings. The van der Waals surface area contributed by atoms with Crippen molar-refractivity contribution < 1.29 is 22.0 Å². The highest BCUT2D eigenvalue weighted by atomic mass is 19.3. The third kappa shape index (κ3) is 0.961. The van der Waals surface area contributed by atoms with Crippen LogP contribution in [0.5, 0.6) is 0 Å². The van der Waals surface area contributed by atoms with Gasteiger partial charge in [0.2, 0.25) is 0 Å². The topological polar surface area (TPSA) is 0 Å². The summed E-state index contributed by atoms with van der Waals surface area (Å²) in [5.41, 5.74) is -2.28. The van der Waals surface area contributed by atoms with Crippen LogP contribution in [0.2, 0.25) is 0 Å². The van der Waals surface area contributed by atoms with E-state index >= 15 is 0 Å². The predicted octanol–water partition coefficient (Wildman–Crippen LogP) is 3.15. The molecular weight excluding hydrogens is 167 g/mol. The molecule has 11 heavy (non-hydrogen) atoms. The van der Waals surface area contributed by atoms with E-state index in [0.29, 0.717) is 0 Å². The van der Waals surface area contributed by atoms with E-state index in [2.05, 4.69) is 0 Å². The van der Waals surface area contributed by atoms with Crippen molar-refractivity contribution in [3.63, 3.8) is 0 Å². The second-order valence-corrected chi connectivity index (χ2v) is 1.79. The molecule has 0 heterocycles.